The number of nitrogens with zero attached hydrogens (tertiary/aromatic N) is 2. The minimum atomic E-state index is 0.615. The van der Waals surface area contributed by atoms with Crippen molar-refractivity contribution in [1.29, 1.82) is 0 Å². The van der Waals surface area contributed by atoms with Gasteiger partial charge in [0.1, 0.15) is 5.82 Å². The minimum Gasteiger partial charge on any atom is -0.353 e. The normalized spacial score (nSPS) is 25.8. The molecular formula is C13H19BrN2. The van der Waals surface area contributed by atoms with E-state index in [1.54, 1.807) is 0 Å². The first-order valence-electron chi connectivity index (χ1n) is 5.99. The zero-order valence-electron chi connectivity index (χ0n) is 9.99. The van der Waals surface area contributed by atoms with E-state index in [-0.39, 0.29) is 0 Å². The molecule has 88 valence electrons. The van der Waals surface area contributed by atoms with Crippen LogP contribution in [-0.4, -0.2) is 17.6 Å². The number of hydrogen-bond donors (Lipinski definition) is 0. The molecule has 0 aromatic carbocycles. The number of pyridine rings is 1. The summed E-state index contributed by atoms with van der Waals surface area (Å²) >= 11 is 3.54. The predicted molar refractivity (Wildman–Crippen MR) is 72.1 cm³/mol. The Balaban J connectivity index is 2.27. The Morgan fingerprint density at radius 1 is 1.44 bits per heavy atom. The first kappa shape index (κ1) is 11.9. The molecule has 1 fully saturated rings. The standard InChI is InChI=1S/C13H19BrN2/c1-10-5-6-11(2)16(9-10)13-12(8-14)4-3-7-15-13/h3-4,7,10-11H,5-6,8-9H2,1-2H3. The van der Waals surface area contributed by atoms with Crippen LogP contribution in [0.5, 0.6) is 0 Å². The fourth-order valence-electron chi connectivity index (χ4n) is 2.38. The van der Waals surface area contributed by atoms with Crippen LogP contribution < -0.4 is 4.90 Å². The van der Waals surface area contributed by atoms with Crippen molar-refractivity contribution < 1.29 is 0 Å². The maximum Gasteiger partial charge on any atom is 0.132 e. The van der Waals surface area contributed by atoms with Gasteiger partial charge in [-0.2, -0.15) is 0 Å². The van der Waals surface area contributed by atoms with E-state index >= 15 is 0 Å². The number of hydrogen-bond acceptors (Lipinski definition) is 2. The van der Waals surface area contributed by atoms with Crippen LogP contribution in [0.2, 0.25) is 0 Å². The van der Waals surface area contributed by atoms with Gasteiger partial charge in [-0.3, -0.25) is 0 Å². The highest BCUT2D eigenvalue weighted by Gasteiger charge is 2.25. The van der Waals surface area contributed by atoms with Crippen LogP contribution in [0, 0.1) is 5.92 Å². The smallest absolute Gasteiger partial charge is 0.132 e. The summed E-state index contributed by atoms with van der Waals surface area (Å²) in [4.78, 5) is 7.02. The summed E-state index contributed by atoms with van der Waals surface area (Å²) in [7, 11) is 0. The second-order valence-corrected chi connectivity index (χ2v) is 5.36. The fraction of sp³-hybridized carbons (Fsp3) is 0.615. The average Bonchev–Trinajstić information content (AvgIpc) is 2.32. The van der Waals surface area contributed by atoms with Crippen molar-refractivity contribution in [3.63, 3.8) is 0 Å². The van der Waals surface area contributed by atoms with Crippen LogP contribution in [-0.2, 0) is 5.33 Å². The van der Waals surface area contributed by atoms with Crippen LogP contribution in [0.1, 0.15) is 32.3 Å². The number of halogens is 1. The highest BCUT2D eigenvalue weighted by atomic mass is 79.9. The maximum absolute atomic E-state index is 4.55. The van der Waals surface area contributed by atoms with Gasteiger partial charge in [0.2, 0.25) is 0 Å². The molecule has 1 aliphatic rings. The molecule has 1 saturated heterocycles. The van der Waals surface area contributed by atoms with Crippen molar-refractivity contribution in [2.75, 3.05) is 11.4 Å². The quantitative estimate of drug-likeness (QED) is 0.771. The van der Waals surface area contributed by atoms with Crippen molar-refractivity contribution in [1.82, 2.24) is 4.98 Å². The molecule has 2 unspecified atom stereocenters. The Bertz CT molecular complexity index is 354. The lowest BCUT2D eigenvalue weighted by Gasteiger charge is -2.38. The lowest BCUT2D eigenvalue weighted by atomic mass is 9.95. The second-order valence-electron chi connectivity index (χ2n) is 4.80. The van der Waals surface area contributed by atoms with Crippen molar-refractivity contribution >= 4 is 21.7 Å². The molecule has 0 bridgehead atoms. The summed E-state index contributed by atoms with van der Waals surface area (Å²) in [6.45, 7) is 5.77. The summed E-state index contributed by atoms with van der Waals surface area (Å²) in [5, 5.41) is 0.883. The number of anilines is 1. The fourth-order valence-corrected chi connectivity index (χ4v) is 2.81. The van der Waals surface area contributed by atoms with E-state index in [0.29, 0.717) is 6.04 Å². The number of rotatable bonds is 2. The van der Waals surface area contributed by atoms with Crippen LogP contribution in [0.3, 0.4) is 0 Å². The van der Waals surface area contributed by atoms with Gasteiger partial charge < -0.3 is 4.90 Å². The van der Waals surface area contributed by atoms with E-state index in [2.05, 4.69) is 45.7 Å². The number of alkyl halides is 1. The Labute approximate surface area is 106 Å². The molecule has 0 aliphatic carbocycles. The molecule has 1 aromatic rings. The monoisotopic (exact) mass is 282 g/mol. The SMILES string of the molecule is CC1CCC(C)N(c2ncccc2CBr)C1. The third-order valence-corrected chi connectivity index (χ3v) is 4.01. The summed E-state index contributed by atoms with van der Waals surface area (Å²) in [6.07, 6.45) is 4.51. The lowest BCUT2D eigenvalue weighted by molar-refractivity contribution is 0.387. The summed E-state index contributed by atoms with van der Waals surface area (Å²) < 4.78 is 0. The van der Waals surface area contributed by atoms with E-state index in [1.807, 2.05) is 12.3 Å². The first-order valence-corrected chi connectivity index (χ1v) is 7.11. The number of piperidine rings is 1. The molecule has 2 atom stereocenters. The van der Waals surface area contributed by atoms with Crippen LogP contribution in [0.25, 0.3) is 0 Å². The van der Waals surface area contributed by atoms with E-state index < -0.39 is 0 Å². The number of aromatic nitrogens is 1. The van der Waals surface area contributed by atoms with E-state index in [4.69, 9.17) is 0 Å². The molecular weight excluding hydrogens is 264 g/mol. The summed E-state index contributed by atoms with van der Waals surface area (Å²) in [6, 6.07) is 4.78. The summed E-state index contributed by atoms with van der Waals surface area (Å²) in [5.74, 6) is 1.94. The van der Waals surface area contributed by atoms with Crippen molar-refractivity contribution in [3.05, 3.63) is 23.9 Å². The molecule has 0 radical (unpaired) electrons. The zero-order chi connectivity index (χ0) is 11.5. The van der Waals surface area contributed by atoms with Gasteiger partial charge in [-0.05, 0) is 31.7 Å². The largest absolute Gasteiger partial charge is 0.353 e. The van der Waals surface area contributed by atoms with E-state index in [1.165, 1.54) is 24.2 Å². The highest BCUT2D eigenvalue weighted by Crippen LogP contribution is 2.29. The minimum absolute atomic E-state index is 0.615. The predicted octanol–water partition coefficient (Wildman–Crippen LogP) is 3.60. The van der Waals surface area contributed by atoms with Crippen molar-refractivity contribution in [2.45, 2.75) is 38.1 Å². The molecule has 1 aliphatic heterocycles. The molecule has 16 heavy (non-hydrogen) atoms. The van der Waals surface area contributed by atoms with Gasteiger partial charge in [0.25, 0.3) is 0 Å². The van der Waals surface area contributed by atoms with E-state index in [0.717, 1.165) is 17.8 Å². The molecule has 0 saturated carbocycles. The van der Waals surface area contributed by atoms with Gasteiger partial charge in [-0.15, -0.1) is 0 Å². The molecule has 1 aromatic heterocycles. The van der Waals surface area contributed by atoms with Crippen molar-refractivity contribution in [2.24, 2.45) is 5.92 Å². The average molecular weight is 283 g/mol. The molecule has 0 N–H and O–H groups in total. The maximum atomic E-state index is 4.55. The van der Waals surface area contributed by atoms with E-state index in [9.17, 15) is 0 Å². The molecule has 0 spiro atoms. The molecule has 0 amide bonds. The highest BCUT2D eigenvalue weighted by molar-refractivity contribution is 9.08. The topological polar surface area (TPSA) is 16.1 Å². The van der Waals surface area contributed by atoms with Gasteiger partial charge >= 0.3 is 0 Å². The Hall–Kier alpha value is -0.570. The summed E-state index contributed by atoms with van der Waals surface area (Å²) in [5.41, 5.74) is 1.29. The van der Waals surface area contributed by atoms with Gasteiger partial charge in [0.05, 0.1) is 0 Å². The first-order chi connectivity index (χ1) is 7.72. The lowest BCUT2D eigenvalue weighted by Crippen LogP contribution is -2.42. The zero-order valence-corrected chi connectivity index (χ0v) is 11.6. The Morgan fingerprint density at radius 3 is 3.00 bits per heavy atom. The van der Waals surface area contributed by atoms with Gasteiger partial charge in [-0.1, -0.05) is 28.9 Å². The van der Waals surface area contributed by atoms with Crippen molar-refractivity contribution in [3.8, 4) is 0 Å². The molecule has 2 heterocycles. The van der Waals surface area contributed by atoms with Gasteiger partial charge in [0, 0.05) is 29.7 Å². The Morgan fingerprint density at radius 2 is 2.25 bits per heavy atom. The molecule has 2 rings (SSSR count). The van der Waals surface area contributed by atoms with Crippen LogP contribution in [0.4, 0.5) is 5.82 Å². The molecule has 2 nitrogen and oxygen atoms in total. The second kappa shape index (κ2) is 5.17. The molecule has 3 heteroatoms. The van der Waals surface area contributed by atoms with Gasteiger partial charge in [-0.25, -0.2) is 4.98 Å². The van der Waals surface area contributed by atoms with Gasteiger partial charge in [0.15, 0.2) is 0 Å². The van der Waals surface area contributed by atoms with Crippen LogP contribution in [0.15, 0.2) is 18.3 Å². The third kappa shape index (κ3) is 2.40. The third-order valence-electron chi connectivity index (χ3n) is 3.40. The Kier molecular flexibility index (Phi) is 3.85. The van der Waals surface area contributed by atoms with Crippen LogP contribution >= 0.6 is 15.9 Å².